The predicted molar refractivity (Wildman–Crippen MR) is 98.6 cm³/mol. The van der Waals surface area contributed by atoms with E-state index in [0.29, 0.717) is 22.9 Å². The Bertz CT molecular complexity index is 833. The highest BCUT2D eigenvalue weighted by Gasteiger charge is 2.04. The lowest BCUT2D eigenvalue weighted by atomic mass is 10.3. The Kier molecular flexibility index (Phi) is 5.16. The second-order valence-corrected chi connectivity index (χ2v) is 5.25. The third-order valence-electron chi connectivity index (χ3n) is 3.42. The van der Waals surface area contributed by atoms with Crippen LogP contribution in [0.5, 0.6) is 17.2 Å². The molecular weight excluding hydrogens is 316 g/mol. The molecule has 3 rings (SSSR count). The number of carbonyl (C=O) groups excluding carboxylic acids is 1. The van der Waals surface area contributed by atoms with Crippen LogP contribution in [0.25, 0.3) is 0 Å². The maximum atomic E-state index is 12.1. The van der Waals surface area contributed by atoms with Crippen molar-refractivity contribution in [1.82, 2.24) is 0 Å². The maximum absolute atomic E-state index is 12.1. The van der Waals surface area contributed by atoms with Crippen LogP contribution in [0.4, 0.5) is 16.2 Å². The van der Waals surface area contributed by atoms with E-state index in [-0.39, 0.29) is 6.03 Å². The molecule has 2 N–H and O–H groups in total. The molecule has 3 aromatic rings. The first-order valence-corrected chi connectivity index (χ1v) is 7.78. The fraction of sp³-hybridized carbons (Fsp3) is 0.0500. The first kappa shape index (κ1) is 16.4. The van der Waals surface area contributed by atoms with Gasteiger partial charge < -0.3 is 20.1 Å². The highest BCUT2D eigenvalue weighted by atomic mass is 16.5. The molecule has 0 unspecified atom stereocenters. The molecule has 0 saturated heterocycles. The van der Waals surface area contributed by atoms with Crippen LogP contribution >= 0.6 is 0 Å². The lowest BCUT2D eigenvalue weighted by Crippen LogP contribution is -2.19. The maximum Gasteiger partial charge on any atom is 0.323 e. The summed E-state index contributed by atoms with van der Waals surface area (Å²) in [6.45, 7) is 0. The number of rotatable bonds is 5. The molecule has 0 atom stereocenters. The molecule has 2 amide bonds. The van der Waals surface area contributed by atoms with Crippen molar-refractivity contribution in [3.63, 3.8) is 0 Å². The van der Waals surface area contributed by atoms with E-state index in [4.69, 9.17) is 9.47 Å². The van der Waals surface area contributed by atoms with E-state index in [9.17, 15) is 4.79 Å². The number of anilines is 2. The van der Waals surface area contributed by atoms with Gasteiger partial charge in [-0.1, -0.05) is 24.3 Å². The number of carbonyl (C=O) groups is 1. The Labute approximate surface area is 146 Å². The van der Waals surface area contributed by atoms with Crippen LogP contribution in [0, 0.1) is 0 Å². The molecule has 25 heavy (non-hydrogen) atoms. The van der Waals surface area contributed by atoms with Gasteiger partial charge in [-0.2, -0.15) is 0 Å². The van der Waals surface area contributed by atoms with Crippen molar-refractivity contribution in [3.05, 3.63) is 78.9 Å². The molecule has 0 bridgehead atoms. The summed E-state index contributed by atoms with van der Waals surface area (Å²) in [5.74, 6) is 2.14. The lowest BCUT2D eigenvalue weighted by Gasteiger charge is -2.10. The highest BCUT2D eigenvalue weighted by molar-refractivity contribution is 5.99. The monoisotopic (exact) mass is 334 g/mol. The SMILES string of the molecule is COc1cccc(NC(=O)Nc2ccc(Oc3ccccc3)cc2)c1. The Balaban J connectivity index is 1.58. The van der Waals surface area contributed by atoms with E-state index in [1.165, 1.54) is 0 Å². The summed E-state index contributed by atoms with van der Waals surface area (Å²) in [6, 6.07) is 23.5. The fourth-order valence-electron chi connectivity index (χ4n) is 2.23. The normalized spacial score (nSPS) is 9.96. The zero-order valence-electron chi connectivity index (χ0n) is 13.7. The van der Waals surface area contributed by atoms with Gasteiger partial charge in [-0.25, -0.2) is 4.79 Å². The van der Waals surface area contributed by atoms with E-state index in [1.807, 2.05) is 42.5 Å². The van der Waals surface area contributed by atoms with Crippen LogP contribution in [-0.2, 0) is 0 Å². The average Bonchev–Trinajstić information content (AvgIpc) is 2.64. The van der Waals surface area contributed by atoms with Crippen LogP contribution in [0.15, 0.2) is 78.9 Å². The molecule has 0 aliphatic rings. The number of nitrogens with one attached hydrogen (secondary N) is 2. The van der Waals surface area contributed by atoms with E-state index in [0.717, 1.165) is 5.75 Å². The van der Waals surface area contributed by atoms with Crippen LogP contribution in [0.2, 0.25) is 0 Å². The summed E-state index contributed by atoms with van der Waals surface area (Å²) < 4.78 is 10.8. The zero-order valence-corrected chi connectivity index (χ0v) is 13.7. The number of benzene rings is 3. The third-order valence-corrected chi connectivity index (χ3v) is 3.42. The molecule has 0 aliphatic heterocycles. The minimum absolute atomic E-state index is 0.329. The van der Waals surface area contributed by atoms with Crippen LogP contribution in [-0.4, -0.2) is 13.1 Å². The van der Waals surface area contributed by atoms with Crippen molar-refractivity contribution in [1.29, 1.82) is 0 Å². The summed E-state index contributed by atoms with van der Waals surface area (Å²) >= 11 is 0. The van der Waals surface area contributed by atoms with Gasteiger partial charge >= 0.3 is 6.03 Å². The number of para-hydroxylation sites is 1. The second kappa shape index (κ2) is 7.88. The topological polar surface area (TPSA) is 59.6 Å². The van der Waals surface area contributed by atoms with E-state index in [1.54, 1.807) is 43.5 Å². The zero-order chi connectivity index (χ0) is 17.5. The third kappa shape index (κ3) is 4.75. The highest BCUT2D eigenvalue weighted by Crippen LogP contribution is 2.23. The van der Waals surface area contributed by atoms with Gasteiger partial charge in [-0.3, -0.25) is 0 Å². The summed E-state index contributed by atoms with van der Waals surface area (Å²) in [4.78, 5) is 12.1. The van der Waals surface area contributed by atoms with E-state index >= 15 is 0 Å². The summed E-state index contributed by atoms with van der Waals surface area (Å²) in [5, 5.41) is 5.53. The van der Waals surface area contributed by atoms with Gasteiger partial charge in [0.25, 0.3) is 0 Å². The summed E-state index contributed by atoms with van der Waals surface area (Å²) in [5.41, 5.74) is 1.32. The minimum Gasteiger partial charge on any atom is -0.497 e. The fourth-order valence-corrected chi connectivity index (χ4v) is 2.23. The molecule has 0 spiro atoms. The lowest BCUT2D eigenvalue weighted by molar-refractivity contribution is 0.262. The van der Waals surface area contributed by atoms with Crippen molar-refractivity contribution >= 4 is 17.4 Å². The minimum atomic E-state index is -0.329. The Morgan fingerprint density at radius 3 is 2.08 bits per heavy atom. The molecule has 0 aliphatic carbocycles. The van der Waals surface area contributed by atoms with Gasteiger partial charge in [0.05, 0.1) is 7.11 Å². The largest absolute Gasteiger partial charge is 0.497 e. The Morgan fingerprint density at radius 1 is 0.720 bits per heavy atom. The van der Waals surface area contributed by atoms with Gasteiger partial charge in [0, 0.05) is 17.4 Å². The number of hydrogen-bond acceptors (Lipinski definition) is 3. The van der Waals surface area contributed by atoms with Crippen molar-refractivity contribution in [2.24, 2.45) is 0 Å². The number of hydrogen-bond donors (Lipinski definition) is 2. The summed E-state index contributed by atoms with van der Waals surface area (Å²) in [7, 11) is 1.58. The number of amides is 2. The second-order valence-electron chi connectivity index (χ2n) is 5.25. The van der Waals surface area contributed by atoms with Crippen LogP contribution in [0.3, 0.4) is 0 Å². The molecule has 0 fully saturated rings. The van der Waals surface area contributed by atoms with Gasteiger partial charge in [0.15, 0.2) is 0 Å². The first-order chi connectivity index (χ1) is 12.2. The van der Waals surface area contributed by atoms with Crippen molar-refractivity contribution < 1.29 is 14.3 Å². The first-order valence-electron chi connectivity index (χ1n) is 7.78. The average molecular weight is 334 g/mol. The molecule has 0 saturated carbocycles. The molecule has 5 heteroatoms. The van der Waals surface area contributed by atoms with Gasteiger partial charge in [-0.05, 0) is 48.5 Å². The Hall–Kier alpha value is -3.47. The molecule has 0 radical (unpaired) electrons. The van der Waals surface area contributed by atoms with Gasteiger partial charge in [0.2, 0.25) is 0 Å². The molecule has 0 heterocycles. The van der Waals surface area contributed by atoms with Crippen LogP contribution in [0.1, 0.15) is 0 Å². The Morgan fingerprint density at radius 2 is 1.36 bits per heavy atom. The standard InChI is InChI=1S/C20H18N2O3/c1-24-19-9-5-6-16(14-19)22-20(23)21-15-10-12-18(13-11-15)25-17-7-3-2-4-8-17/h2-14H,1H3,(H2,21,22,23). The quantitative estimate of drug-likeness (QED) is 0.680. The van der Waals surface area contributed by atoms with Gasteiger partial charge in [-0.15, -0.1) is 0 Å². The van der Waals surface area contributed by atoms with Gasteiger partial charge in [0.1, 0.15) is 17.2 Å². The molecule has 126 valence electrons. The van der Waals surface area contributed by atoms with Crippen molar-refractivity contribution in [3.8, 4) is 17.2 Å². The predicted octanol–water partition coefficient (Wildman–Crippen LogP) is 5.13. The summed E-state index contributed by atoms with van der Waals surface area (Å²) in [6.07, 6.45) is 0. The smallest absolute Gasteiger partial charge is 0.323 e. The molecular formula is C20H18N2O3. The van der Waals surface area contributed by atoms with Crippen molar-refractivity contribution in [2.75, 3.05) is 17.7 Å². The number of urea groups is 1. The molecule has 3 aromatic carbocycles. The molecule has 0 aromatic heterocycles. The number of methoxy groups -OCH3 is 1. The van der Waals surface area contributed by atoms with E-state index in [2.05, 4.69) is 10.6 Å². The van der Waals surface area contributed by atoms with Crippen molar-refractivity contribution in [2.45, 2.75) is 0 Å². The number of ether oxygens (including phenoxy) is 2. The van der Waals surface area contributed by atoms with E-state index < -0.39 is 0 Å². The molecule has 5 nitrogen and oxygen atoms in total. The van der Waals surface area contributed by atoms with Crippen LogP contribution < -0.4 is 20.1 Å².